The summed E-state index contributed by atoms with van der Waals surface area (Å²) in [6, 6.07) is 7.84. The molecule has 1 aromatic heterocycles. The molecule has 0 aliphatic rings. The minimum Gasteiger partial charge on any atom is -0.508 e. The Balaban J connectivity index is 2.19. The highest BCUT2D eigenvalue weighted by atomic mass is 32.1. The van der Waals surface area contributed by atoms with Gasteiger partial charge in [-0.25, -0.2) is 0 Å². The molecule has 3 heteroatoms. The second-order valence-electron chi connectivity index (χ2n) is 4.33. The molecule has 2 rings (SSSR count). The first-order valence-electron chi connectivity index (χ1n) is 5.68. The Labute approximate surface area is 106 Å². The standard InChI is InChI=1S/C14H17NOS/c1-9-6-7-17-14(9)11(3)15-13-5-4-12(16)8-10(13)2/h4-8,11,15-16H,1-3H3. The van der Waals surface area contributed by atoms with Crippen LogP contribution >= 0.6 is 11.3 Å². The third-order valence-corrected chi connectivity index (χ3v) is 4.08. The Morgan fingerprint density at radius 1 is 1.18 bits per heavy atom. The summed E-state index contributed by atoms with van der Waals surface area (Å²) in [6.45, 7) is 6.29. The number of nitrogens with one attached hydrogen (secondary N) is 1. The molecule has 0 bridgehead atoms. The van der Waals surface area contributed by atoms with E-state index in [1.54, 1.807) is 23.5 Å². The number of aromatic hydroxyl groups is 1. The molecular weight excluding hydrogens is 230 g/mol. The summed E-state index contributed by atoms with van der Waals surface area (Å²) in [5.41, 5.74) is 3.46. The molecule has 1 heterocycles. The maximum Gasteiger partial charge on any atom is 0.115 e. The second-order valence-corrected chi connectivity index (χ2v) is 5.28. The third kappa shape index (κ3) is 2.61. The number of hydrogen-bond acceptors (Lipinski definition) is 3. The van der Waals surface area contributed by atoms with E-state index >= 15 is 0 Å². The van der Waals surface area contributed by atoms with Gasteiger partial charge in [0.1, 0.15) is 5.75 Å². The fourth-order valence-corrected chi connectivity index (χ4v) is 2.87. The molecular formula is C14H17NOS. The fourth-order valence-electron chi connectivity index (χ4n) is 1.94. The van der Waals surface area contributed by atoms with Crippen LogP contribution in [0.2, 0.25) is 0 Å². The number of aryl methyl sites for hydroxylation is 2. The Morgan fingerprint density at radius 3 is 2.53 bits per heavy atom. The summed E-state index contributed by atoms with van der Waals surface area (Å²) in [7, 11) is 0. The lowest BCUT2D eigenvalue weighted by Gasteiger charge is -2.17. The van der Waals surface area contributed by atoms with Crippen LogP contribution in [0.4, 0.5) is 5.69 Å². The van der Waals surface area contributed by atoms with Gasteiger partial charge in [0.15, 0.2) is 0 Å². The summed E-state index contributed by atoms with van der Waals surface area (Å²) in [5, 5.41) is 15.0. The van der Waals surface area contributed by atoms with Gasteiger partial charge in [-0.1, -0.05) is 0 Å². The molecule has 90 valence electrons. The Bertz CT molecular complexity index is 519. The van der Waals surface area contributed by atoms with Gasteiger partial charge in [0, 0.05) is 10.6 Å². The first-order chi connectivity index (χ1) is 8.08. The maximum absolute atomic E-state index is 9.37. The predicted octanol–water partition coefficient (Wildman–Crippen LogP) is 4.24. The van der Waals surface area contributed by atoms with E-state index in [0.717, 1.165) is 11.3 Å². The number of phenols is 1. The minimum absolute atomic E-state index is 0.290. The summed E-state index contributed by atoms with van der Waals surface area (Å²) in [4.78, 5) is 1.36. The van der Waals surface area contributed by atoms with E-state index < -0.39 is 0 Å². The molecule has 2 nitrogen and oxygen atoms in total. The summed E-state index contributed by atoms with van der Waals surface area (Å²) < 4.78 is 0. The van der Waals surface area contributed by atoms with E-state index in [9.17, 15) is 5.11 Å². The van der Waals surface area contributed by atoms with Gasteiger partial charge in [0.2, 0.25) is 0 Å². The molecule has 2 N–H and O–H groups in total. The van der Waals surface area contributed by atoms with Crippen LogP contribution in [0.5, 0.6) is 5.75 Å². The molecule has 2 aromatic rings. The van der Waals surface area contributed by atoms with Gasteiger partial charge in [-0.05, 0) is 61.5 Å². The number of hydrogen-bond donors (Lipinski definition) is 2. The van der Waals surface area contributed by atoms with Gasteiger partial charge < -0.3 is 10.4 Å². The number of thiophene rings is 1. The summed E-state index contributed by atoms with van der Waals surface area (Å²) >= 11 is 1.77. The largest absolute Gasteiger partial charge is 0.508 e. The summed E-state index contributed by atoms with van der Waals surface area (Å²) in [6.07, 6.45) is 0. The molecule has 17 heavy (non-hydrogen) atoms. The van der Waals surface area contributed by atoms with Gasteiger partial charge in [0.05, 0.1) is 6.04 Å². The van der Waals surface area contributed by atoms with E-state index in [4.69, 9.17) is 0 Å². The van der Waals surface area contributed by atoms with E-state index in [2.05, 4.69) is 30.6 Å². The van der Waals surface area contributed by atoms with Crippen LogP contribution in [0.25, 0.3) is 0 Å². The number of anilines is 1. The first kappa shape index (κ1) is 12.0. The van der Waals surface area contributed by atoms with E-state index in [0.29, 0.717) is 11.8 Å². The molecule has 0 saturated carbocycles. The topological polar surface area (TPSA) is 32.3 Å². The molecule has 1 aromatic carbocycles. The monoisotopic (exact) mass is 247 g/mol. The third-order valence-electron chi connectivity index (χ3n) is 2.88. The molecule has 0 amide bonds. The van der Waals surface area contributed by atoms with Crippen molar-refractivity contribution in [2.45, 2.75) is 26.8 Å². The van der Waals surface area contributed by atoms with Gasteiger partial charge in [0.25, 0.3) is 0 Å². The van der Waals surface area contributed by atoms with Crippen LogP contribution in [0.3, 0.4) is 0 Å². The average Bonchev–Trinajstić information content (AvgIpc) is 2.68. The van der Waals surface area contributed by atoms with Crippen molar-refractivity contribution in [3.8, 4) is 5.75 Å². The second kappa shape index (κ2) is 4.80. The lowest BCUT2D eigenvalue weighted by atomic mass is 10.1. The van der Waals surface area contributed by atoms with Gasteiger partial charge >= 0.3 is 0 Å². The lowest BCUT2D eigenvalue weighted by Crippen LogP contribution is -2.07. The SMILES string of the molecule is Cc1cc(O)ccc1NC(C)c1sccc1C. The Morgan fingerprint density at radius 2 is 1.94 bits per heavy atom. The number of rotatable bonds is 3. The van der Waals surface area contributed by atoms with Crippen molar-refractivity contribution < 1.29 is 5.11 Å². The fraction of sp³-hybridized carbons (Fsp3) is 0.286. The zero-order chi connectivity index (χ0) is 12.4. The lowest BCUT2D eigenvalue weighted by molar-refractivity contribution is 0.475. The van der Waals surface area contributed by atoms with Crippen LogP contribution in [-0.2, 0) is 0 Å². The average molecular weight is 247 g/mol. The van der Waals surface area contributed by atoms with E-state index in [1.807, 2.05) is 13.0 Å². The molecule has 0 fully saturated rings. The Hall–Kier alpha value is -1.48. The van der Waals surface area contributed by atoms with E-state index in [-0.39, 0.29) is 0 Å². The normalized spacial score (nSPS) is 12.4. The molecule has 0 aliphatic carbocycles. The predicted molar refractivity (Wildman–Crippen MR) is 73.9 cm³/mol. The molecule has 1 atom stereocenters. The number of benzene rings is 1. The molecule has 0 aliphatic heterocycles. The van der Waals surface area contributed by atoms with Crippen LogP contribution in [0.15, 0.2) is 29.6 Å². The Kier molecular flexibility index (Phi) is 3.38. The van der Waals surface area contributed by atoms with Crippen molar-refractivity contribution in [1.82, 2.24) is 0 Å². The maximum atomic E-state index is 9.37. The minimum atomic E-state index is 0.290. The molecule has 0 saturated heterocycles. The van der Waals surface area contributed by atoms with Crippen molar-refractivity contribution >= 4 is 17.0 Å². The molecule has 0 spiro atoms. The van der Waals surface area contributed by atoms with Crippen molar-refractivity contribution in [2.24, 2.45) is 0 Å². The van der Waals surface area contributed by atoms with Crippen LogP contribution in [0.1, 0.15) is 29.0 Å². The number of phenolic OH excluding ortho intramolecular Hbond substituents is 1. The van der Waals surface area contributed by atoms with Crippen molar-refractivity contribution in [2.75, 3.05) is 5.32 Å². The quantitative estimate of drug-likeness (QED) is 0.795. The van der Waals surface area contributed by atoms with Crippen molar-refractivity contribution in [1.29, 1.82) is 0 Å². The van der Waals surface area contributed by atoms with Gasteiger partial charge in [-0.3, -0.25) is 0 Å². The smallest absolute Gasteiger partial charge is 0.115 e. The van der Waals surface area contributed by atoms with Gasteiger partial charge in [-0.2, -0.15) is 0 Å². The van der Waals surface area contributed by atoms with Crippen LogP contribution in [-0.4, -0.2) is 5.11 Å². The van der Waals surface area contributed by atoms with Crippen LogP contribution < -0.4 is 5.32 Å². The highest BCUT2D eigenvalue weighted by molar-refractivity contribution is 7.10. The summed E-state index contributed by atoms with van der Waals surface area (Å²) in [5.74, 6) is 0.313. The zero-order valence-electron chi connectivity index (χ0n) is 10.3. The highest BCUT2D eigenvalue weighted by Crippen LogP contribution is 2.29. The molecule has 1 unspecified atom stereocenters. The van der Waals surface area contributed by atoms with Gasteiger partial charge in [-0.15, -0.1) is 11.3 Å². The van der Waals surface area contributed by atoms with Crippen LogP contribution in [0, 0.1) is 13.8 Å². The molecule has 0 radical (unpaired) electrons. The first-order valence-corrected chi connectivity index (χ1v) is 6.56. The van der Waals surface area contributed by atoms with E-state index in [1.165, 1.54) is 10.4 Å². The van der Waals surface area contributed by atoms with Crippen molar-refractivity contribution in [3.63, 3.8) is 0 Å². The zero-order valence-corrected chi connectivity index (χ0v) is 11.1. The highest BCUT2D eigenvalue weighted by Gasteiger charge is 2.10. The van der Waals surface area contributed by atoms with Crippen molar-refractivity contribution in [3.05, 3.63) is 45.6 Å².